The van der Waals surface area contributed by atoms with Crippen LogP contribution in [0.25, 0.3) is 0 Å². The highest BCUT2D eigenvalue weighted by atomic mass is 127. The molecular weight excluding hydrogens is 341 g/mol. The number of rotatable bonds is 3. The van der Waals surface area contributed by atoms with E-state index in [1.54, 1.807) is 0 Å². The molecule has 0 N–H and O–H groups in total. The van der Waals surface area contributed by atoms with Crippen molar-refractivity contribution in [3.63, 3.8) is 0 Å². The summed E-state index contributed by atoms with van der Waals surface area (Å²) in [5, 5.41) is 2.50. The van der Waals surface area contributed by atoms with Crippen LogP contribution in [-0.4, -0.2) is 5.16 Å². The number of aliphatic imine (C=N–C) groups is 1. The van der Waals surface area contributed by atoms with Crippen LogP contribution >= 0.6 is 34.8 Å². The molecule has 0 bridgehead atoms. The van der Waals surface area contributed by atoms with Crippen molar-refractivity contribution in [2.75, 3.05) is 0 Å². The Kier molecular flexibility index (Phi) is 4.42. The van der Waals surface area contributed by atoms with E-state index in [4.69, 9.17) is 12.2 Å². The van der Waals surface area contributed by atoms with E-state index in [2.05, 4.69) is 57.0 Å². The fourth-order valence-corrected chi connectivity index (χ4v) is 2.50. The Hall–Kier alpha value is -1.03. The highest BCUT2D eigenvalue weighted by Gasteiger charge is 2.14. The monoisotopic (exact) mass is 351 g/mol. The summed E-state index contributed by atoms with van der Waals surface area (Å²) in [5.74, 6) is 0. The third-order valence-electron chi connectivity index (χ3n) is 2.50. The first-order valence-electron chi connectivity index (χ1n) is 5.19. The summed E-state index contributed by atoms with van der Waals surface area (Å²) in [4.78, 5) is 4.29. The lowest BCUT2D eigenvalue weighted by atomic mass is 10.00. The van der Waals surface area contributed by atoms with Crippen molar-refractivity contribution in [3.05, 3.63) is 69.3 Å². The molecule has 2 aromatic carbocycles. The lowest BCUT2D eigenvalue weighted by Gasteiger charge is -2.13. The molecule has 0 heterocycles. The number of hydrogen-bond donors (Lipinski definition) is 0. The fourth-order valence-electron chi connectivity index (χ4n) is 1.71. The van der Waals surface area contributed by atoms with Crippen molar-refractivity contribution < 1.29 is 0 Å². The van der Waals surface area contributed by atoms with Crippen LogP contribution in [0.3, 0.4) is 0 Å². The normalized spacial score (nSPS) is 11.6. The lowest BCUT2D eigenvalue weighted by Crippen LogP contribution is -1.99. The molecule has 0 aliphatic heterocycles. The second-order valence-electron chi connectivity index (χ2n) is 3.56. The summed E-state index contributed by atoms with van der Waals surface area (Å²) >= 11 is 7.07. The van der Waals surface area contributed by atoms with E-state index in [0.29, 0.717) is 0 Å². The predicted molar refractivity (Wildman–Crippen MR) is 82.5 cm³/mol. The fraction of sp³-hybridized carbons (Fsp3) is 0.0714. The Morgan fingerprint density at radius 2 is 1.65 bits per heavy atom. The summed E-state index contributed by atoms with van der Waals surface area (Å²) in [6.07, 6.45) is 0. The number of isothiocyanates is 1. The lowest BCUT2D eigenvalue weighted by molar-refractivity contribution is 0.875. The molecule has 0 amide bonds. The maximum Gasteiger partial charge on any atom is 0.111 e. The van der Waals surface area contributed by atoms with E-state index < -0.39 is 0 Å². The van der Waals surface area contributed by atoms with E-state index in [1.165, 1.54) is 3.57 Å². The van der Waals surface area contributed by atoms with Crippen molar-refractivity contribution in [1.29, 1.82) is 0 Å². The van der Waals surface area contributed by atoms with Gasteiger partial charge in [0.05, 0.1) is 5.16 Å². The first-order chi connectivity index (χ1) is 8.33. The number of hydrogen-bond acceptors (Lipinski definition) is 2. The maximum atomic E-state index is 4.75. The van der Waals surface area contributed by atoms with Crippen LogP contribution in [0.5, 0.6) is 0 Å². The largest absolute Gasteiger partial charge is 0.219 e. The molecule has 0 aliphatic carbocycles. The molecule has 3 heteroatoms. The summed E-state index contributed by atoms with van der Waals surface area (Å²) < 4.78 is 1.19. The van der Waals surface area contributed by atoms with Gasteiger partial charge in [0.25, 0.3) is 0 Å². The van der Waals surface area contributed by atoms with Gasteiger partial charge in [0.2, 0.25) is 0 Å². The Morgan fingerprint density at radius 3 is 2.29 bits per heavy atom. The molecule has 2 rings (SSSR count). The van der Waals surface area contributed by atoms with Gasteiger partial charge in [-0.3, -0.25) is 0 Å². The second kappa shape index (κ2) is 6.05. The highest BCUT2D eigenvalue weighted by molar-refractivity contribution is 14.1. The molecule has 17 heavy (non-hydrogen) atoms. The van der Waals surface area contributed by atoms with Crippen LogP contribution in [0.1, 0.15) is 17.2 Å². The van der Waals surface area contributed by atoms with E-state index >= 15 is 0 Å². The van der Waals surface area contributed by atoms with E-state index in [0.717, 1.165) is 11.1 Å². The molecular formula is C14H10INS. The van der Waals surface area contributed by atoms with Crippen molar-refractivity contribution in [2.24, 2.45) is 4.99 Å². The van der Waals surface area contributed by atoms with Gasteiger partial charge >= 0.3 is 0 Å². The molecule has 0 radical (unpaired) electrons. The van der Waals surface area contributed by atoms with E-state index in [9.17, 15) is 0 Å². The highest BCUT2D eigenvalue weighted by Crippen LogP contribution is 2.28. The number of benzene rings is 2. The SMILES string of the molecule is S=C=NC(c1ccccc1)c1ccccc1I. The minimum atomic E-state index is -0.0539. The third-order valence-corrected chi connectivity index (χ3v) is 3.58. The standard InChI is InChI=1S/C14H10INS/c15-13-9-5-4-8-12(13)14(16-10-17)11-6-2-1-3-7-11/h1-9,14H. The van der Waals surface area contributed by atoms with E-state index in [-0.39, 0.29) is 6.04 Å². The molecule has 1 atom stereocenters. The quantitative estimate of drug-likeness (QED) is 0.451. The minimum Gasteiger partial charge on any atom is -0.219 e. The summed E-state index contributed by atoms with van der Waals surface area (Å²) in [5.41, 5.74) is 2.30. The predicted octanol–water partition coefficient (Wildman–Crippen LogP) is 4.48. The minimum absolute atomic E-state index is 0.0539. The molecule has 84 valence electrons. The Morgan fingerprint density at radius 1 is 1.00 bits per heavy atom. The van der Waals surface area contributed by atoms with Crippen LogP contribution in [0.15, 0.2) is 59.6 Å². The van der Waals surface area contributed by atoms with Gasteiger partial charge in [0, 0.05) is 3.57 Å². The smallest absolute Gasteiger partial charge is 0.111 e. The van der Waals surface area contributed by atoms with Gasteiger partial charge in [0.1, 0.15) is 6.04 Å². The van der Waals surface area contributed by atoms with Crippen LogP contribution in [-0.2, 0) is 0 Å². The van der Waals surface area contributed by atoms with Gasteiger partial charge in [-0.05, 0) is 52.0 Å². The molecule has 2 aromatic rings. The molecule has 0 fully saturated rings. The molecule has 0 saturated heterocycles. The zero-order valence-corrected chi connectivity index (χ0v) is 12.0. The molecule has 0 spiro atoms. The van der Waals surface area contributed by atoms with Crippen LogP contribution < -0.4 is 0 Å². The Bertz CT molecular complexity index is 547. The maximum absolute atomic E-state index is 4.75. The van der Waals surface area contributed by atoms with Gasteiger partial charge in [-0.1, -0.05) is 48.5 Å². The molecule has 0 saturated carbocycles. The van der Waals surface area contributed by atoms with Gasteiger partial charge in [-0.25, -0.2) is 4.99 Å². The molecule has 1 unspecified atom stereocenters. The molecule has 0 aromatic heterocycles. The number of nitrogens with zero attached hydrogens (tertiary/aromatic N) is 1. The van der Waals surface area contributed by atoms with Gasteiger partial charge in [-0.2, -0.15) is 0 Å². The van der Waals surface area contributed by atoms with Crippen molar-refractivity contribution in [2.45, 2.75) is 6.04 Å². The first kappa shape index (κ1) is 12.4. The van der Waals surface area contributed by atoms with Crippen molar-refractivity contribution in [3.8, 4) is 0 Å². The second-order valence-corrected chi connectivity index (χ2v) is 4.90. The van der Waals surface area contributed by atoms with Crippen LogP contribution in [0.2, 0.25) is 0 Å². The number of thiocarbonyl (C=S) groups is 1. The van der Waals surface area contributed by atoms with E-state index in [1.807, 2.05) is 30.3 Å². The third kappa shape index (κ3) is 3.00. The zero-order chi connectivity index (χ0) is 12.1. The summed E-state index contributed by atoms with van der Waals surface area (Å²) in [6, 6.07) is 18.3. The van der Waals surface area contributed by atoms with Crippen LogP contribution in [0, 0.1) is 3.57 Å². The van der Waals surface area contributed by atoms with Crippen molar-refractivity contribution >= 4 is 40.0 Å². The summed E-state index contributed by atoms with van der Waals surface area (Å²) in [6.45, 7) is 0. The van der Waals surface area contributed by atoms with Gasteiger partial charge in [-0.15, -0.1) is 0 Å². The van der Waals surface area contributed by atoms with Crippen LogP contribution in [0.4, 0.5) is 0 Å². The van der Waals surface area contributed by atoms with Crippen molar-refractivity contribution in [1.82, 2.24) is 0 Å². The molecule has 1 nitrogen and oxygen atoms in total. The number of halogens is 1. The Balaban J connectivity index is 2.51. The topological polar surface area (TPSA) is 12.4 Å². The van der Waals surface area contributed by atoms with Gasteiger partial charge in [0.15, 0.2) is 0 Å². The zero-order valence-electron chi connectivity index (χ0n) is 9.01. The molecule has 0 aliphatic rings. The Labute approximate surface area is 120 Å². The average molecular weight is 351 g/mol. The van der Waals surface area contributed by atoms with Gasteiger partial charge < -0.3 is 0 Å². The summed E-state index contributed by atoms with van der Waals surface area (Å²) in [7, 11) is 0. The first-order valence-corrected chi connectivity index (χ1v) is 6.68. The average Bonchev–Trinajstić information content (AvgIpc) is 2.38.